The maximum atomic E-state index is 15.4. The fourth-order valence-electron chi connectivity index (χ4n) is 26.1. The lowest BCUT2D eigenvalue weighted by atomic mass is 9.73. The zero-order valence-electron chi connectivity index (χ0n) is 75.0. The second-order valence-corrected chi connectivity index (χ2v) is 47.6. The van der Waals surface area contributed by atoms with Crippen molar-refractivity contribution in [2.24, 2.45) is 95.4 Å². The SMILES string of the molecule is C=C[C@@H]1C[C@]1(CC(=O)[C@@H]1C[C@@]2(CN1C(=O)[C@@H](CC(=O)[C@@H](N)C1CCCCC1)C(C)(C)C)C(C)(C)C21CCC1)C(=O)NS(=O)(=O)C1(CCC)CC1.C=C[C@@H]1C[C@]1(CC(=O)[C@@H]1C[C@@]2(CN1C(=O)[C@@H](CC(=O)[C@@H](NC(=O)[C@@H]1CCCN1CC)C1CCCCC1)C(C)(C)C)C(C)(C)C21CCC1)C(=O)NS(=O)(=O)C1(CCC)CC1.CCN1CCC[C@H]1C(=O)O. The average molecular weight is 1700 g/mol. The largest absolute Gasteiger partial charge is 0.480 e. The molecule has 4 heterocycles. The molecule has 23 nitrogen and oxygen atoms in total. The summed E-state index contributed by atoms with van der Waals surface area (Å²) in [5, 5.41) is 11.9. The van der Waals surface area contributed by atoms with Crippen molar-refractivity contribution in [1.29, 1.82) is 0 Å². The number of likely N-dealkylation sites (N-methyl/N-ethyl adjacent to an activating group) is 2. The monoisotopic (exact) mass is 1700 g/mol. The summed E-state index contributed by atoms with van der Waals surface area (Å²) in [4.78, 5) is 148. The van der Waals surface area contributed by atoms with E-state index in [0.29, 0.717) is 90.1 Å². The molecule has 4 spiro atoms. The molecule has 0 unspecified atom stereocenters. The predicted molar refractivity (Wildman–Crippen MR) is 460 cm³/mol. The van der Waals surface area contributed by atoms with Crippen LogP contribution in [0, 0.1) is 89.7 Å². The van der Waals surface area contributed by atoms with E-state index in [0.717, 1.165) is 155 Å². The fraction of sp³-hybridized carbons (Fsp3) is 0.851. The number of likely N-dealkylation sites (tertiary alicyclic amines) is 4. The Morgan fingerprint density at radius 2 is 0.866 bits per heavy atom. The zero-order chi connectivity index (χ0) is 87.2. The van der Waals surface area contributed by atoms with E-state index in [2.05, 4.69) is 67.4 Å². The Bertz CT molecular complexity index is 4150. The highest BCUT2D eigenvalue weighted by Gasteiger charge is 2.87. The zero-order valence-corrected chi connectivity index (χ0v) is 76.7. The molecule has 119 heavy (non-hydrogen) atoms. The van der Waals surface area contributed by atoms with Crippen LogP contribution in [0.25, 0.3) is 0 Å². The molecular formula is C94H150N8O15S2. The predicted octanol–water partition coefficient (Wildman–Crippen LogP) is 13.7. The van der Waals surface area contributed by atoms with E-state index in [-0.39, 0.29) is 135 Å². The number of fused-ring (bicyclic) bond motifs is 2. The lowest BCUT2D eigenvalue weighted by Gasteiger charge is -2.37. The van der Waals surface area contributed by atoms with Gasteiger partial charge in [-0.05, 0) is 224 Å². The average Bonchev–Trinajstić information content (AvgIpc) is 1.45. The minimum absolute atomic E-state index is 0.0155. The molecule has 6 N–H and O–H groups in total. The Labute approximate surface area is 712 Å². The summed E-state index contributed by atoms with van der Waals surface area (Å²) in [7, 11) is -7.85. The number of nitrogens with two attached hydrogens (primary N) is 1. The van der Waals surface area contributed by atoms with Crippen LogP contribution in [0.5, 0.6) is 0 Å². The summed E-state index contributed by atoms with van der Waals surface area (Å²) >= 11 is 0. The van der Waals surface area contributed by atoms with Gasteiger partial charge < -0.3 is 26.0 Å². The number of carboxylic acid groups (broad SMARTS) is 1. The van der Waals surface area contributed by atoms with Crippen LogP contribution in [0.2, 0.25) is 0 Å². The highest BCUT2D eigenvalue weighted by Crippen LogP contribution is 2.89. The van der Waals surface area contributed by atoms with Crippen molar-refractivity contribution in [3.63, 3.8) is 0 Å². The number of hydrogen-bond acceptors (Lipinski definition) is 17. The van der Waals surface area contributed by atoms with Gasteiger partial charge in [-0.3, -0.25) is 67.2 Å². The summed E-state index contributed by atoms with van der Waals surface area (Å²) < 4.78 is 57.0. The fourth-order valence-corrected chi connectivity index (χ4v) is 29.7. The van der Waals surface area contributed by atoms with Crippen LogP contribution in [0.4, 0.5) is 0 Å². The number of Topliss-reactive ketones (excluding diaryl/α,β-unsaturated/α-hetero) is 4. The van der Waals surface area contributed by atoms with Gasteiger partial charge in [0.05, 0.1) is 50.5 Å². The number of rotatable bonds is 33. The topological polar surface area (TPSA) is 334 Å². The maximum Gasteiger partial charge on any atom is 0.320 e. The molecule has 14 fully saturated rings. The number of aliphatic carboxylic acids is 1. The Balaban J connectivity index is 0.000000197. The molecule has 4 aliphatic heterocycles. The molecule has 10 saturated carbocycles. The molecular weight excluding hydrogens is 1550 g/mol. The molecule has 25 heteroatoms. The number of hydrogen-bond donors (Lipinski definition) is 5. The Kier molecular flexibility index (Phi) is 26.5. The van der Waals surface area contributed by atoms with Crippen LogP contribution in [0.3, 0.4) is 0 Å². The van der Waals surface area contributed by atoms with Gasteiger partial charge in [-0.1, -0.05) is 173 Å². The quantitative estimate of drug-likeness (QED) is 0.0381. The van der Waals surface area contributed by atoms with Crippen molar-refractivity contribution in [2.75, 3.05) is 39.3 Å². The standard InChI is InChI=1S/C47H74N4O7S.C40H63N3O6S.C7H13NO2/c1-9-20-44(23-24-44)59(57,58)49-41(56)45(27-32(45)10-2)29-37(53)35-28-47(43(7,8)46(47)21-16-22-46)30-51(35)40(55)33(42(4,5)6)26-36(52)38(31-17-13-12-14-18-31)48-39(54)34-19-15-25-50(34)11-3;1-8-16-37(19-20-37)50(48,49)42-34(47)38(22-27(38)9-2)24-31(45)29-23-40(36(6,7)39(40)17-13-18-39)25-43(29)33(46)28(35(3,4)5)21-30(44)32(41)26-14-11-10-12-15-26;1-2-8-5-3-4-6(8)7(9)10/h10,31-35,38H,2,9,11-30H2,1,3-8H3,(H,48,54)(H,49,56);9,26-29,32H,2,8,10-25,41H2,1,3-7H3,(H,42,47);6H,2-5H2,1H3,(H,9,10)/t32-,33-,34+,35+,38+,45-,47-;27-,28-,29+,32+,38-,40-;6-/m110/s1. The molecule has 14 atom stereocenters. The van der Waals surface area contributed by atoms with Crippen molar-refractivity contribution in [1.82, 2.24) is 34.4 Å². The molecule has 668 valence electrons. The van der Waals surface area contributed by atoms with Crippen LogP contribution < -0.4 is 20.5 Å². The van der Waals surface area contributed by atoms with Gasteiger partial charge in [-0.2, -0.15) is 0 Å². The van der Waals surface area contributed by atoms with Gasteiger partial charge in [0.2, 0.25) is 49.6 Å². The molecule has 0 aromatic heterocycles. The van der Waals surface area contributed by atoms with Crippen molar-refractivity contribution in [3.8, 4) is 0 Å². The molecule has 10 aliphatic carbocycles. The van der Waals surface area contributed by atoms with Gasteiger partial charge in [0.25, 0.3) is 0 Å². The summed E-state index contributed by atoms with van der Waals surface area (Å²) in [5.74, 6) is -4.93. The summed E-state index contributed by atoms with van der Waals surface area (Å²) in [6.45, 7) is 41.1. The molecule has 0 radical (unpaired) electrons. The number of carboxylic acids is 1. The number of carbonyl (C=O) groups excluding carboxylic acids is 9. The lowest BCUT2D eigenvalue weighted by molar-refractivity contribution is -0.147. The molecule has 5 amide bonds. The molecule has 4 saturated heterocycles. The number of carbonyl (C=O) groups is 10. The van der Waals surface area contributed by atoms with Gasteiger partial charge in [0.1, 0.15) is 6.04 Å². The normalized spacial score (nSPS) is 32.6. The first kappa shape index (κ1) is 92.9. The molecule has 0 aromatic rings. The van der Waals surface area contributed by atoms with Gasteiger partial charge in [0, 0.05) is 61.4 Å². The molecule has 14 aliphatic rings. The number of nitrogens with zero attached hydrogens (tertiary/aromatic N) is 4. The summed E-state index contributed by atoms with van der Waals surface area (Å²) in [6, 6.07) is -3.25. The number of nitrogens with one attached hydrogen (secondary N) is 3. The first-order valence-corrected chi connectivity index (χ1v) is 49.6. The highest BCUT2D eigenvalue weighted by atomic mass is 32.2. The van der Waals surface area contributed by atoms with Crippen molar-refractivity contribution < 1.29 is 69.9 Å². The van der Waals surface area contributed by atoms with Crippen LogP contribution in [-0.4, -0.2) is 185 Å². The second-order valence-electron chi connectivity index (χ2n) is 43.5. The number of ketones is 4. The van der Waals surface area contributed by atoms with Crippen LogP contribution >= 0.6 is 0 Å². The third-order valence-electron chi connectivity index (χ3n) is 35.2. The third kappa shape index (κ3) is 16.4. The van der Waals surface area contributed by atoms with Crippen molar-refractivity contribution >= 4 is 78.7 Å². The number of sulfonamides is 2. The maximum absolute atomic E-state index is 15.4. The van der Waals surface area contributed by atoms with E-state index in [1.54, 1.807) is 22.0 Å². The Morgan fingerprint density at radius 3 is 1.18 bits per heavy atom. The molecule has 14 rings (SSSR count). The highest BCUT2D eigenvalue weighted by molar-refractivity contribution is 7.92. The third-order valence-corrected chi connectivity index (χ3v) is 39.6. The minimum atomic E-state index is -3.94. The first-order valence-electron chi connectivity index (χ1n) is 46.6. The Morgan fingerprint density at radius 1 is 0.487 bits per heavy atom. The van der Waals surface area contributed by atoms with E-state index < -0.39 is 105 Å². The van der Waals surface area contributed by atoms with Gasteiger partial charge >= 0.3 is 5.97 Å². The molecule has 0 bridgehead atoms. The van der Waals surface area contributed by atoms with E-state index in [1.807, 2.05) is 67.2 Å². The summed E-state index contributed by atoms with van der Waals surface area (Å²) in [6.07, 6.45) is 29.2. The van der Waals surface area contributed by atoms with E-state index in [4.69, 9.17) is 10.8 Å². The first-order chi connectivity index (χ1) is 55.7. The van der Waals surface area contributed by atoms with Crippen molar-refractivity contribution in [3.05, 3.63) is 25.3 Å². The van der Waals surface area contributed by atoms with Gasteiger partial charge in [-0.15, -0.1) is 13.2 Å². The van der Waals surface area contributed by atoms with Crippen molar-refractivity contribution in [2.45, 2.75) is 374 Å². The molecule has 0 aromatic carbocycles. The summed E-state index contributed by atoms with van der Waals surface area (Å²) in [5.41, 5.74) is 2.46. The van der Waals surface area contributed by atoms with Crippen LogP contribution in [-0.2, 0) is 68.0 Å². The van der Waals surface area contributed by atoms with E-state index in [9.17, 15) is 60.0 Å². The van der Waals surface area contributed by atoms with E-state index in [1.165, 1.54) is 0 Å². The lowest BCUT2D eigenvalue weighted by Crippen LogP contribution is -2.54. The van der Waals surface area contributed by atoms with Gasteiger partial charge in [0.15, 0.2) is 23.1 Å². The Hall–Kier alpha value is -5.24. The number of allylic oxidation sites excluding steroid dienone is 2. The second kappa shape index (κ2) is 33.9. The minimum Gasteiger partial charge on any atom is -0.480 e. The van der Waals surface area contributed by atoms with Gasteiger partial charge in [-0.25, -0.2) is 16.8 Å². The smallest absolute Gasteiger partial charge is 0.320 e. The van der Waals surface area contributed by atoms with Crippen LogP contribution in [0.1, 0.15) is 328 Å². The van der Waals surface area contributed by atoms with Crippen LogP contribution in [0.15, 0.2) is 25.3 Å². The van der Waals surface area contributed by atoms with E-state index >= 15 is 4.79 Å². The number of amides is 5.